The molecule has 1 aliphatic rings. The van der Waals surface area contributed by atoms with E-state index in [0.29, 0.717) is 42.3 Å². The number of amides is 1. The zero-order valence-electron chi connectivity index (χ0n) is 16.3. The molecule has 0 bridgehead atoms. The first-order valence-electron chi connectivity index (χ1n) is 9.62. The summed E-state index contributed by atoms with van der Waals surface area (Å²) in [5.74, 6) is 0.423. The largest absolute Gasteiger partial charge is 0.493 e. The predicted molar refractivity (Wildman–Crippen MR) is 112 cm³/mol. The average Bonchev–Trinajstić information content (AvgIpc) is 2.68. The molecule has 0 fully saturated rings. The van der Waals surface area contributed by atoms with Gasteiger partial charge in [-0.05, 0) is 62.1 Å². The lowest BCUT2D eigenvalue weighted by atomic mass is 10.0. The van der Waals surface area contributed by atoms with Crippen molar-refractivity contribution in [2.45, 2.75) is 33.1 Å². The number of benzene rings is 2. The second kappa shape index (κ2) is 8.65. The molecule has 1 heterocycles. The van der Waals surface area contributed by atoms with Crippen molar-refractivity contribution < 1.29 is 17.9 Å². The Morgan fingerprint density at radius 1 is 1.18 bits per heavy atom. The summed E-state index contributed by atoms with van der Waals surface area (Å²) in [7, 11) is -3.31. The standard InChI is InChI=1S/C21H26N2O4S/c1-3-14-28(25,26)23-13-7-8-16-15-17(11-12-19(16)23)22-21(24)18-9-5-6-10-20(18)27-4-2/h5-6,9-12,15H,3-4,7-8,13-14H2,1-2H3,(H,22,24). The quantitative estimate of drug-likeness (QED) is 0.764. The van der Waals surface area contributed by atoms with Crippen LogP contribution in [0.3, 0.4) is 0 Å². The first kappa shape index (κ1) is 20.2. The number of aryl methyl sites for hydroxylation is 1. The number of hydrogen-bond acceptors (Lipinski definition) is 4. The van der Waals surface area contributed by atoms with Gasteiger partial charge in [-0.2, -0.15) is 0 Å². The Labute approximate surface area is 166 Å². The van der Waals surface area contributed by atoms with E-state index in [1.807, 2.05) is 26.0 Å². The van der Waals surface area contributed by atoms with Crippen molar-refractivity contribution in [1.82, 2.24) is 0 Å². The molecule has 1 aliphatic heterocycles. The van der Waals surface area contributed by atoms with Crippen LogP contribution >= 0.6 is 0 Å². The van der Waals surface area contributed by atoms with Crippen LogP contribution in [0.4, 0.5) is 11.4 Å². The van der Waals surface area contributed by atoms with Crippen molar-refractivity contribution in [1.29, 1.82) is 0 Å². The molecule has 0 saturated carbocycles. The topological polar surface area (TPSA) is 75.7 Å². The average molecular weight is 403 g/mol. The minimum absolute atomic E-state index is 0.138. The second-order valence-corrected chi connectivity index (χ2v) is 8.73. The highest BCUT2D eigenvalue weighted by Crippen LogP contribution is 2.32. The number of sulfonamides is 1. The van der Waals surface area contributed by atoms with Gasteiger partial charge in [0.05, 0.1) is 23.6 Å². The maximum absolute atomic E-state index is 12.7. The highest BCUT2D eigenvalue weighted by molar-refractivity contribution is 7.92. The summed E-state index contributed by atoms with van der Waals surface area (Å²) in [5, 5.41) is 2.90. The maximum atomic E-state index is 12.7. The summed E-state index contributed by atoms with van der Waals surface area (Å²) in [6, 6.07) is 12.5. The Hall–Kier alpha value is -2.54. The molecule has 0 radical (unpaired) electrons. The Bertz CT molecular complexity index is 957. The summed E-state index contributed by atoms with van der Waals surface area (Å²) >= 11 is 0. The fourth-order valence-corrected chi connectivity index (χ4v) is 5.05. The van der Waals surface area contributed by atoms with Crippen LogP contribution in [0.15, 0.2) is 42.5 Å². The molecule has 0 atom stereocenters. The van der Waals surface area contributed by atoms with E-state index in [2.05, 4.69) is 5.32 Å². The first-order chi connectivity index (χ1) is 13.5. The number of ether oxygens (including phenoxy) is 1. The predicted octanol–water partition coefficient (Wildman–Crippen LogP) is 3.83. The zero-order valence-corrected chi connectivity index (χ0v) is 17.1. The van der Waals surface area contributed by atoms with Crippen LogP contribution < -0.4 is 14.4 Å². The summed E-state index contributed by atoms with van der Waals surface area (Å²) in [4.78, 5) is 12.7. The van der Waals surface area contributed by atoms with Crippen LogP contribution in [0.25, 0.3) is 0 Å². The van der Waals surface area contributed by atoms with Gasteiger partial charge >= 0.3 is 0 Å². The monoisotopic (exact) mass is 402 g/mol. The second-order valence-electron chi connectivity index (χ2n) is 6.72. The highest BCUT2D eigenvalue weighted by Gasteiger charge is 2.27. The summed E-state index contributed by atoms with van der Waals surface area (Å²) in [6.07, 6.45) is 2.13. The van der Waals surface area contributed by atoms with Crippen LogP contribution in [-0.4, -0.2) is 33.2 Å². The molecular formula is C21H26N2O4S. The van der Waals surface area contributed by atoms with Gasteiger partial charge in [-0.3, -0.25) is 9.10 Å². The normalized spacial score (nSPS) is 13.7. The molecule has 2 aromatic carbocycles. The molecule has 0 saturated heterocycles. The smallest absolute Gasteiger partial charge is 0.259 e. The molecular weight excluding hydrogens is 376 g/mol. The van der Waals surface area contributed by atoms with Crippen molar-refractivity contribution >= 4 is 27.3 Å². The molecule has 6 nitrogen and oxygen atoms in total. The third-order valence-electron chi connectivity index (χ3n) is 4.64. The van der Waals surface area contributed by atoms with E-state index in [4.69, 9.17) is 4.74 Å². The number of rotatable bonds is 7. The van der Waals surface area contributed by atoms with Crippen molar-refractivity contribution in [2.24, 2.45) is 0 Å². The van der Waals surface area contributed by atoms with Crippen LogP contribution in [0.5, 0.6) is 5.75 Å². The summed E-state index contributed by atoms with van der Waals surface area (Å²) in [6.45, 7) is 4.71. The van der Waals surface area contributed by atoms with Crippen molar-refractivity contribution in [3.8, 4) is 5.75 Å². The molecule has 3 rings (SSSR count). The number of fused-ring (bicyclic) bond motifs is 1. The number of nitrogens with zero attached hydrogens (tertiary/aromatic N) is 1. The third-order valence-corrected chi connectivity index (χ3v) is 6.62. The van der Waals surface area contributed by atoms with Gasteiger partial charge in [0, 0.05) is 12.2 Å². The van der Waals surface area contributed by atoms with Gasteiger partial charge in [0.25, 0.3) is 5.91 Å². The SMILES string of the molecule is CCCS(=O)(=O)N1CCCc2cc(NC(=O)c3ccccc3OCC)ccc21. The molecule has 28 heavy (non-hydrogen) atoms. The van der Waals surface area contributed by atoms with Crippen molar-refractivity contribution in [3.63, 3.8) is 0 Å². The zero-order chi connectivity index (χ0) is 20.1. The van der Waals surface area contributed by atoms with E-state index in [0.717, 1.165) is 18.4 Å². The van der Waals surface area contributed by atoms with Gasteiger partial charge < -0.3 is 10.1 Å². The maximum Gasteiger partial charge on any atom is 0.259 e. The Morgan fingerprint density at radius 3 is 2.71 bits per heavy atom. The van der Waals surface area contributed by atoms with Crippen molar-refractivity contribution in [3.05, 3.63) is 53.6 Å². The number of nitrogens with one attached hydrogen (secondary N) is 1. The van der Waals surface area contributed by atoms with Gasteiger partial charge in [-0.15, -0.1) is 0 Å². The minimum Gasteiger partial charge on any atom is -0.493 e. The molecule has 0 aromatic heterocycles. The van der Waals surface area contributed by atoms with E-state index >= 15 is 0 Å². The third kappa shape index (κ3) is 4.30. The number of anilines is 2. The number of hydrogen-bond donors (Lipinski definition) is 1. The molecule has 0 unspecified atom stereocenters. The Kier molecular flexibility index (Phi) is 6.24. The first-order valence-corrected chi connectivity index (χ1v) is 11.2. The molecule has 1 N–H and O–H groups in total. The van der Waals surface area contributed by atoms with E-state index in [-0.39, 0.29) is 11.7 Å². The Balaban J connectivity index is 1.84. The van der Waals surface area contributed by atoms with Gasteiger partial charge in [-0.25, -0.2) is 8.42 Å². The van der Waals surface area contributed by atoms with Crippen LogP contribution in [0.1, 0.15) is 42.6 Å². The lowest BCUT2D eigenvalue weighted by Gasteiger charge is -2.30. The fraction of sp³-hybridized carbons (Fsp3) is 0.381. The number of para-hydroxylation sites is 1. The molecule has 2 aromatic rings. The fourth-order valence-electron chi connectivity index (χ4n) is 3.43. The number of carbonyl (C=O) groups excluding carboxylic acids is 1. The molecule has 150 valence electrons. The van der Waals surface area contributed by atoms with E-state index in [1.54, 1.807) is 30.3 Å². The minimum atomic E-state index is -3.31. The van der Waals surface area contributed by atoms with Crippen LogP contribution in [0, 0.1) is 0 Å². The number of carbonyl (C=O) groups is 1. The van der Waals surface area contributed by atoms with Crippen LogP contribution in [0.2, 0.25) is 0 Å². The highest BCUT2D eigenvalue weighted by atomic mass is 32.2. The lowest BCUT2D eigenvalue weighted by molar-refractivity contribution is 0.102. The molecule has 0 spiro atoms. The molecule has 0 aliphatic carbocycles. The summed E-state index contributed by atoms with van der Waals surface area (Å²) < 4.78 is 32.1. The van der Waals surface area contributed by atoms with E-state index in [9.17, 15) is 13.2 Å². The Morgan fingerprint density at radius 2 is 1.96 bits per heavy atom. The van der Waals surface area contributed by atoms with E-state index in [1.165, 1.54) is 4.31 Å². The van der Waals surface area contributed by atoms with Gasteiger partial charge in [0.1, 0.15) is 5.75 Å². The van der Waals surface area contributed by atoms with E-state index < -0.39 is 10.0 Å². The molecule has 1 amide bonds. The molecule has 7 heteroatoms. The van der Waals surface area contributed by atoms with Gasteiger partial charge in [0.15, 0.2) is 0 Å². The lowest BCUT2D eigenvalue weighted by Crippen LogP contribution is -2.37. The van der Waals surface area contributed by atoms with Crippen LogP contribution in [-0.2, 0) is 16.4 Å². The van der Waals surface area contributed by atoms with Gasteiger partial charge in [-0.1, -0.05) is 19.1 Å². The van der Waals surface area contributed by atoms with Crippen molar-refractivity contribution in [2.75, 3.05) is 28.5 Å². The van der Waals surface area contributed by atoms with Gasteiger partial charge in [0.2, 0.25) is 10.0 Å². The summed E-state index contributed by atoms with van der Waals surface area (Å²) in [5.41, 5.74) is 2.76.